The Bertz CT molecular complexity index is 960. The summed E-state index contributed by atoms with van der Waals surface area (Å²) >= 11 is 1.21. The number of hydrogen-bond donors (Lipinski definition) is 1. The van der Waals surface area contributed by atoms with Crippen molar-refractivity contribution in [2.45, 2.75) is 38.8 Å². The predicted octanol–water partition coefficient (Wildman–Crippen LogP) is 2.52. The lowest BCUT2D eigenvalue weighted by Crippen LogP contribution is -2.38. The number of carbonyl (C=O) groups excluding carboxylic acids is 1. The minimum atomic E-state index is -0.632. The van der Waals surface area contributed by atoms with Gasteiger partial charge in [-0.05, 0) is 26.3 Å². The van der Waals surface area contributed by atoms with Crippen LogP contribution in [0.5, 0.6) is 0 Å². The fraction of sp³-hybridized carbons (Fsp3) is 0.333. The molecule has 26 heavy (non-hydrogen) atoms. The Hall–Kier alpha value is -2.74. The molecule has 2 heterocycles. The second-order valence-electron chi connectivity index (χ2n) is 6.80. The van der Waals surface area contributed by atoms with Crippen LogP contribution in [0.2, 0.25) is 0 Å². The summed E-state index contributed by atoms with van der Waals surface area (Å²) in [7, 11) is 0. The molecule has 1 aromatic carbocycles. The number of aromatic nitrogens is 3. The predicted molar refractivity (Wildman–Crippen MR) is 101 cm³/mol. The van der Waals surface area contributed by atoms with Gasteiger partial charge in [-0.3, -0.25) is 4.79 Å². The van der Waals surface area contributed by atoms with E-state index in [-0.39, 0.29) is 11.5 Å². The topological polar surface area (TPSA) is 85.6 Å². The van der Waals surface area contributed by atoms with Gasteiger partial charge in [0.2, 0.25) is 10.1 Å². The van der Waals surface area contributed by atoms with Crippen molar-refractivity contribution < 1.29 is 9.53 Å². The molecule has 3 aromatic rings. The van der Waals surface area contributed by atoms with Crippen molar-refractivity contribution in [2.24, 2.45) is 0 Å². The van der Waals surface area contributed by atoms with Gasteiger partial charge in [-0.15, -0.1) is 5.10 Å². The highest BCUT2D eigenvalue weighted by molar-refractivity contribution is 7.20. The highest BCUT2D eigenvalue weighted by atomic mass is 32.1. The normalized spacial score (nSPS) is 12.7. The lowest BCUT2D eigenvalue weighted by Gasteiger charge is -2.24. The summed E-state index contributed by atoms with van der Waals surface area (Å²) in [5.74, 6) is -0.374. The third-order valence-corrected chi connectivity index (χ3v) is 4.30. The Morgan fingerprint density at radius 3 is 2.65 bits per heavy atom. The average Bonchev–Trinajstić information content (AvgIpc) is 2.98. The number of benzene rings is 1. The quantitative estimate of drug-likeness (QED) is 0.693. The first kappa shape index (κ1) is 18.1. The van der Waals surface area contributed by atoms with Crippen molar-refractivity contribution in [3.63, 3.8) is 0 Å². The summed E-state index contributed by atoms with van der Waals surface area (Å²) < 4.78 is 6.74. The average molecular weight is 372 g/mol. The first-order chi connectivity index (χ1) is 12.3. The standard InChI is InChI=1S/C18H20N4O3S/c1-18(2,3)25-15(24)13(11-12-7-5-4-6-8-12)20-16-21-22-14(23)9-10-19-17(22)26-16/h4-10,13H,11H2,1-3H3,(H,20,21)/t13-/m1/s1. The van der Waals surface area contributed by atoms with E-state index < -0.39 is 11.6 Å². The summed E-state index contributed by atoms with van der Waals surface area (Å²) in [5.41, 5.74) is 0.128. The van der Waals surface area contributed by atoms with Gasteiger partial charge in [0, 0.05) is 18.7 Å². The maximum Gasteiger partial charge on any atom is 0.329 e. The minimum Gasteiger partial charge on any atom is -0.458 e. The number of ether oxygens (including phenoxy) is 1. The molecule has 1 atom stereocenters. The molecular formula is C18H20N4O3S. The van der Waals surface area contributed by atoms with Crippen LogP contribution in [-0.2, 0) is 16.0 Å². The molecule has 0 spiro atoms. The number of esters is 1. The highest BCUT2D eigenvalue weighted by Crippen LogP contribution is 2.20. The number of anilines is 1. The molecule has 7 nitrogen and oxygen atoms in total. The molecule has 8 heteroatoms. The third kappa shape index (κ3) is 4.45. The van der Waals surface area contributed by atoms with E-state index in [9.17, 15) is 9.59 Å². The van der Waals surface area contributed by atoms with Crippen molar-refractivity contribution in [1.29, 1.82) is 0 Å². The van der Waals surface area contributed by atoms with Gasteiger partial charge in [0.1, 0.15) is 11.6 Å². The molecule has 0 amide bonds. The van der Waals surface area contributed by atoms with Gasteiger partial charge in [0.15, 0.2) is 0 Å². The van der Waals surface area contributed by atoms with E-state index in [4.69, 9.17) is 4.74 Å². The molecule has 0 unspecified atom stereocenters. The summed E-state index contributed by atoms with van der Waals surface area (Å²) in [6.07, 6.45) is 1.88. The van der Waals surface area contributed by atoms with E-state index in [2.05, 4.69) is 15.4 Å². The molecule has 0 aliphatic carbocycles. The van der Waals surface area contributed by atoms with Crippen LogP contribution in [-0.4, -0.2) is 32.2 Å². The summed E-state index contributed by atoms with van der Waals surface area (Å²) in [5, 5.41) is 7.75. The minimum absolute atomic E-state index is 0.267. The molecule has 0 aliphatic rings. The molecule has 3 rings (SSSR count). The van der Waals surface area contributed by atoms with Crippen molar-refractivity contribution >= 4 is 27.4 Å². The molecular weight excluding hydrogens is 352 g/mol. The smallest absolute Gasteiger partial charge is 0.329 e. The van der Waals surface area contributed by atoms with Crippen molar-refractivity contribution in [3.8, 4) is 0 Å². The SMILES string of the molecule is CC(C)(C)OC(=O)[C@@H](Cc1ccccc1)Nc1nn2c(=O)ccnc2s1. The second-order valence-corrected chi connectivity index (χ2v) is 7.76. The van der Waals surface area contributed by atoms with Crippen LogP contribution in [0, 0.1) is 0 Å². The Balaban J connectivity index is 1.87. The zero-order valence-corrected chi connectivity index (χ0v) is 15.6. The summed E-state index contributed by atoms with van der Waals surface area (Å²) in [6.45, 7) is 5.48. The number of nitrogens with zero attached hydrogens (tertiary/aromatic N) is 3. The molecule has 1 N–H and O–H groups in total. The van der Waals surface area contributed by atoms with Crippen LogP contribution in [0.15, 0.2) is 47.4 Å². The van der Waals surface area contributed by atoms with Crippen LogP contribution in [0.25, 0.3) is 4.96 Å². The Morgan fingerprint density at radius 2 is 2.00 bits per heavy atom. The van der Waals surface area contributed by atoms with Crippen molar-refractivity contribution in [1.82, 2.24) is 14.6 Å². The van der Waals surface area contributed by atoms with E-state index in [0.717, 1.165) is 5.56 Å². The largest absolute Gasteiger partial charge is 0.458 e. The van der Waals surface area contributed by atoms with E-state index in [1.165, 1.54) is 28.1 Å². The number of carbonyl (C=O) groups is 1. The van der Waals surface area contributed by atoms with Crippen LogP contribution in [0.3, 0.4) is 0 Å². The van der Waals surface area contributed by atoms with Gasteiger partial charge in [0.05, 0.1) is 0 Å². The molecule has 0 aliphatic heterocycles. The van der Waals surface area contributed by atoms with Crippen LogP contribution in [0.1, 0.15) is 26.3 Å². The lowest BCUT2D eigenvalue weighted by atomic mass is 10.1. The first-order valence-corrected chi connectivity index (χ1v) is 9.02. The molecule has 2 aromatic heterocycles. The first-order valence-electron chi connectivity index (χ1n) is 8.20. The molecule has 0 saturated heterocycles. The Labute approximate surface area is 154 Å². The van der Waals surface area contributed by atoms with Gasteiger partial charge in [-0.2, -0.15) is 4.52 Å². The number of fused-ring (bicyclic) bond motifs is 1. The Kier molecular flexibility index (Phi) is 5.03. The van der Waals surface area contributed by atoms with E-state index in [0.29, 0.717) is 16.5 Å². The highest BCUT2D eigenvalue weighted by Gasteiger charge is 2.26. The number of nitrogens with one attached hydrogen (secondary N) is 1. The van der Waals surface area contributed by atoms with Crippen LogP contribution in [0.4, 0.5) is 5.13 Å². The summed E-state index contributed by atoms with van der Waals surface area (Å²) in [4.78, 5) is 29.1. The number of rotatable bonds is 5. The van der Waals surface area contributed by atoms with Crippen LogP contribution >= 0.6 is 11.3 Å². The molecule has 136 valence electrons. The van der Waals surface area contributed by atoms with Crippen LogP contribution < -0.4 is 10.9 Å². The van der Waals surface area contributed by atoms with Gasteiger partial charge in [-0.1, -0.05) is 41.7 Å². The molecule has 0 bridgehead atoms. The maximum atomic E-state index is 12.7. The molecule has 0 fully saturated rings. The zero-order valence-electron chi connectivity index (χ0n) is 14.8. The van der Waals surface area contributed by atoms with Gasteiger partial charge >= 0.3 is 5.97 Å². The molecule has 0 radical (unpaired) electrons. The van der Waals surface area contributed by atoms with E-state index in [1.54, 1.807) is 0 Å². The van der Waals surface area contributed by atoms with Gasteiger partial charge in [-0.25, -0.2) is 9.78 Å². The number of hydrogen-bond acceptors (Lipinski definition) is 7. The molecule has 0 saturated carbocycles. The lowest BCUT2D eigenvalue weighted by molar-refractivity contribution is -0.155. The van der Waals surface area contributed by atoms with E-state index >= 15 is 0 Å². The fourth-order valence-electron chi connectivity index (χ4n) is 2.37. The second kappa shape index (κ2) is 7.25. The van der Waals surface area contributed by atoms with E-state index in [1.807, 2.05) is 51.1 Å². The van der Waals surface area contributed by atoms with Gasteiger partial charge < -0.3 is 10.1 Å². The third-order valence-electron chi connectivity index (χ3n) is 3.44. The monoisotopic (exact) mass is 372 g/mol. The maximum absolute atomic E-state index is 12.7. The van der Waals surface area contributed by atoms with Crippen molar-refractivity contribution in [2.75, 3.05) is 5.32 Å². The summed E-state index contributed by atoms with van der Waals surface area (Å²) in [6, 6.07) is 10.4. The fourth-order valence-corrected chi connectivity index (χ4v) is 3.19. The zero-order chi connectivity index (χ0) is 18.7. The van der Waals surface area contributed by atoms with Crippen molar-refractivity contribution in [3.05, 3.63) is 58.5 Å². The Morgan fingerprint density at radius 1 is 1.27 bits per heavy atom. The van der Waals surface area contributed by atoms with Gasteiger partial charge in [0.25, 0.3) is 5.56 Å².